The highest BCUT2D eigenvalue weighted by Crippen LogP contribution is 2.38. The van der Waals surface area contributed by atoms with Gasteiger partial charge < -0.3 is 10.6 Å². The van der Waals surface area contributed by atoms with Gasteiger partial charge in [-0.3, -0.25) is 5.41 Å². The van der Waals surface area contributed by atoms with Crippen molar-refractivity contribution in [2.75, 3.05) is 13.6 Å². The van der Waals surface area contributed by atoms with Crippen molar-refractivity contribution in [3.8, 4) is 0 Å². The second kappa shape index (κ2) is 5.06. The molecule has 4 heteroatoms. The van der Waals surface area contributed by atoms with Gasteiger partial charge in [-0.15, -0.1) is 0 Å². The maximum absolute atomic E-state index is 13.8. The molecule has 1 aliphatic rings. The third-order valence-corrected chi connectivity index (χ3v) is 3.63. The van der Waals surface area contributed by atoms with Crippen molar-refractivity contribution in [3.05, 3.63) is 35.1 Å². The first-order chi connectivity index (χ1) is 8.47. The van der Waals surface area contributed by atoms with E-state index >= 15 is 0 Å². The van der Waals surface area contributed by atoms with Gasteiger partial charge in [0.1, 0.15) is 11.7 Å². The fraction of sp³-hybridized carbons (Fsp3) is 0.500. The standard InChI is InChI=1S/C14H20FN3/c1-9-5-12(9)8-18(2)7-11-4-3-10(14(16)17)6-13(11)15/h3-4,6,9,12H,5,7-8H2,1-2H3,(H3,16,17). The van der Waals surface area contributed by atoms with Crippen molar-refractivity contribution in [1.29, 1.82) is 5.41 Å². The SMILES string of the molecule is CC1CC1CN(C)Cc1ccc(C(=N)N)cc1F. The number of nitrogen functional groups attached to an aromatic ring is 1. The van der Waals surface area contributed by atoms with Crippen LogP contribution in [-0.4, -0.2) is 24.3 Å². The van der Waals surface area contributed by atoms with Crippen LogP contribution in [0, 0.1) is 23.1 Å². The number of rotatable bonds is 5. The number of amidine groups is 1. The highest BCUT2D eigenvalue weighted by molar-refractivity contribution is 5.94. The summed E-state index contributed by atoms with van der Waals surface area (Å²) < 4.78 is 13.8. The molecule has 1 aliphatic carbocycles. The molecule has 1 fully saturated rings. The molecule has 0 heterocycles. The Hall–Kier alpha value is -1.42. The van der Waals surface area contributed by atoms with Crippen LogP contribution in [0.4, 0.5) is 4.39 Å². The average Bonchev–Trinajstić information content (AvgIpc) is 2.96. The Bertz CT molecular complexity index is 458. The molecule has 1 aromatic carbocycles. The number of halogens is 1. The summed E-state index contributed by atoms with van der Waals surface area (Å²) in [6.07, 6.45) is 1.29. The van der Waals surface area contributed by atoms with Crippen LogP contribution in [0.5, 0.6) is 0 Å². The molecule has 3 N–H and O–H groups in total. The second-order valence-electron chi connectivity index (χ2n) is 5.39. The molecule has 0 aromatic heterocycles. The van der Waals surface area contributed by atoms with Gasteiger partial charge >= 0.3 is 0 Å². The van der Waals surface area contributed by atoms with Crippen LogP contribution in [0.3, 0.4) is 0 Å². The molecule has 2 unspecified atom stereocenters. The molecule has 0 radical (unpaired) electrons. The molecular formula is C14H20FN3. The van der Waals surface area contributed by atoms with Crippen LogP contribution in [0.2, 0.25) is 0 Å². The molecule has 1 aromatic rings. The van der Waals surface area contributed by atoms with E-state index in [1.165, 1.54) is 12.5 Å². The lowest BCUT2D eigenvalue weighted by molar-refractivity contribution is 0.303. The quantitative estimate of drug-likeness (QED) is 0.621. The Morgan fingerprint density at radius 3 is 2.72 bits per heavy atom. The third-order valence-electron chi connectivity index (χ3n) is 3.63. The van der Waals surface area contributed by atoms with Gasteiger partial charge in [0.25, 0.3) is 0 Å². The Kier molecular flexibility index (Phi) is 3.66. The summed E-state index contributed by atoms with van der Waals surface area (Å²) in [7, 11) is 2.02. The van der Waals surface area contributed by atoms with Gasteiger partial charge in [0.15, 0.2) is 0 Å². The van der Waals surface area contributed by atoms with Gasteiger partial charge in [0, 0.05) is 24.2 Å². The molecule has 2 atom stereocenters. The minimum absolute atomic E-state index is 0.0967. The van der Waals surface area contributed by atoms with Crippen LogP contribution in [0.1, 0.15) is 24.5 Å². The monoisotopic (exact) mass is 249 g/mol. The first kappa shape index (κ1) is 13.0. The first-order valence-corrected chi connectivity index (χ1v) is 6.28. The van der Waals surface area contributed by atoms with Crippen molar-refractivity contribution in [1.82, 2.24) is 4.90 Å². The van der Waals surface area contributed by atoms with Crippen LogP contribution in [-0.2, 0) is 6.54 Å². The van der Waals surface area contributed by atoms with Crippen LogP contribution >= 0.6 is 0 Å². The van der Waals surface area contributed by atoms with Crippen molar-refractivity contribution in [2.24, 2.45) is 17.6 Å². The summed E-state index contributed by atoms with van der Waals surface area (Å²) in [5.74, 6) is 1.21. The number of benzene rings is 1. The lowest BCUT2D eigenvalue weighted by Gasteiger charge is -2.17. The van der Waals surface area contributed by atoms with Crippen LogP contribution in [0.15, 0.2) is 18.2 Å². The summed E-state index contributed by atoms with van der Waals surface area (Å²) >= 11 is 0. The van der Waals surface area contributed by atoms with E-state index in [0.29, 0.717) is 17.7 Å². The molecule has 98 valence electrons. The zero-order chi connectivity index (χ0) is 13.3. The molecule has 0 spiro atoms. The summed E-state index contributed by atoms with van der Waals surface area (Å²) in [4.78, 5) is 2.15. The first-order valence-electron chi connectivity index (χ1n) is 6.28. The molecule has 0 aliphatic heterocycles. The topological polar surface area (TPSA) is 53.1 Å². The van der Waals surface area contributed by atoms with Crippen LogP contribution < -0.4 is 5.73 Å². The normalized spacial score (nSPS) is 22.2. The van der Waals surface area contributed by atoms with Gasteiger partial charge in [0.05, 0.1) is 0 Å². The van der Waals surface area contributed by atoms with Crippen molar-refractivity contribution >= 4 is 5.84 Å². The second-order valence-corrected chi connectivity index (χ2v) is 5.39. The fourth-order valence-electron chi connectivity index (χ4n) is 2.25. The fourth-order valence-corrected chi connectivity index (χ4v) is 2.25. The van der Waals surface area contributed by atoms with E-state index in [0.717, 1.165) is 18.4 Å². The number of nitrogens with one attached hydrogen (secondary N) is 1. The van der Waals surface area contributed by atoms with Gasteiger partial charge in [-0.05, 0) is 31.4 Å². The summed E-state index contributed by atoms with van der Waals surface area (Å²) in [6, 6.07) is 4.76. The minimum atomic E-state index is -0.279. The number of nitrogens with zero attached hydrogens (tertiary/aromatic N) is 1. The Labute approximate surface area is 107 Å². The molecule has 2 rings (SSSR count). The van der Waals surface area contributed by atoms with E-state index in [9.17, 15) is 4.39 Å². The maximum Gasteiger partial charge on any atom is 0.128 e. The largest absolute Gasteiger partial charge is 0.384 e. The van der Waals surface area contributed by atoms with Crippen molar-refractivity contribution in [2.45, 2.75) is 19.9 Å². The van der Waals surface area contributed by atoms with E-state index in [1.807, 2.05) is 7.05 Å². The minimum Gasteiger partial charge on any atom is -0.384 e. The molecule has 0 amide bonds. The Morgan fingerprint density at radius 2 is 2.22 bits per heavy atom. The predicted molar refractivity (Wildman–Crippen MR) is 71.0 cm³/mol. The van der Waals surface area contributed by atoms with Gasteiger partial charge in [-0.25, -0.2) is 4.39 Å². The summed E-state index contributed by atoms with van der Waals surface area (Å²) in [5, 5.41) is 7.27. The van der Waals surface area contributed by atoms with Gasteiger partial charge in [0.2, 0.25) is 0 Å². The molecule has 0 bridgehead atoms. The van der Waals surface area contributed by atoms with E-state index in [1.54, 1.807) is 12.1 Å². The molecule has 1 saturated carbocycles. The number of hydrogen-bond acceptors (Lipinski definition) is 2. The van der Waals surface area contributed by atoms with Crippen molar-refractivity contribution in [3.63, 3.8) is 0 Å². The van der Waals surface area contributed by atoms with Crippen LogP contribution in [0.25, 0.3) is 0 Å². The van der Waals surface area contributed by atoms with E-state index in [4.69, 9.17) is 11.1 Å². The lowest BCUT2D eigenvalue weighted by atomic mass is 10.1. The number of hydrogen-bond donors (Lipinski definition) is 2. The smallest absolute Gasteiger partial charge is 0.128 e. The number of nitrogens with two attached hydrogens (primary N) is 1. The van der Waals surface area contributed by atoms with E-state index in [2.05, 4.69) is 11.8 Å². The lowest BCUT2D eigenvalue weighted by Crippen LogP contribution is -2.22. The average molecular weight is 249 g/mol. The van der Waals surface area contributed by atoms with Gasteiger partial charge in [-0.1, -0.05) is 19.1 Å². The summed E-state index contributed by atoms with van der Waals surface area (Å²) in [5.41, 5.74) is 6.43. The third kappa shape index (κ3) is 3.07. The highest BCUT2D eigenvalue weighted by Gasteiger charge is 2.33. The Morgan fingerprint density at radius 1 is 1.56 bits per heavy atom. The highest BCUT2D eigenvalue weighted by atomic mass is 19.1. The van der Waals surface area contributed by atoms with E-state index in [-0.39, 0.29) is 11.7 Å². The van der Waals surface area contributed by atoms with E-state index < -0.39 is 0 Å². The van der Waals surface area contributed by atoms with Crippen molar-refractivity contribution < 1.29 is 4.39 Å². The zero-order valence-electron chi connectivity index (χ0n) is 10.9. The predicted octanol–water partition coefficient (Wildman–Crippen LogP) is 2.20. The molecule has 0 saturated heterocycles. The molecule has 3 nitrogen and oxygen atoms in total. The van der Waals surface area contributed by atoms with Gasteiger partial charge in [-0.2, -0.15) is 0 Å². The Balaban J connectivity index is 1.98. The summed E-state index contributed by atoms with van der Waals surface area (Å²) in [6.45, 7) is 3.88. The molecule has 18 heavy (non-hydrogen) atoms. The zero-order valence-corrected chi connectivity index (χ0v) is 10.9. The molecular weight excluding hydrogens is 229 g/mol. The maximum atomic E-state index is 13.8.